The minimum absolute atomic E-state index is 0.0255. The molecule has 1 aliphatic rings. The minimum Gasteiger partial charge on any atom is -0.479 e. The van der Waals surface area contributed by atoms with E-state index in [0.717, 1.165) is 17.9 Å². The Hall–Kier alpha value is -0.220. The number of thioether (sulfide) groups is 1. The Balaban J connectivity index is 2.39. The Morgan fingerprint density at radius 2 is 2.40 bits per heavy atom. The van der Waals surface area contributed by atoms with Crippen LogP contribution in [0.4, 0.5) is 0 Å². The van der Waals surface area contributed by atoms with Crippen molar-refractivity contribution in [1.29, 1.82) is 0 Å². The van der Waals surface area contributed by atoms with Gasteiger partial charge in [0.1, 0.15) is 0 Å². The molecule has 1 heterocycles. The van der Waals surface area contributed by atoms with Crippen LogP contribution in [0.1, 0.15) is 6.42 Å². The first-order valence-electron chi connectivity index (χ1n) is 3.20. The molecule has 1 rings (SSSR count). The number of carboxylic acid groups (broad SMARTS) is 1. The van der Waals surface area contributed by atoms with Crippen LogP contribution in [0.25, 0.3) is 0 Å². The van der Waals surface area contributed by atoms with Gasteiger partial charge in [-0.2, -0.15) is 11.8 Å². The van der Waals surface area contributed by atoms with Crippen LogP contribution >= 0.6 is 11.8 Å². The highest BCUT2D eigenvalue weighted by molar-refractivity contribution is 7.99. The zero-order valence-electron chi connectivity index (χ0n) is 5.49. The molecule has 1 aliphatic heterocycles. The number of aliphatic hydroxyl groups is 1. The second-order valence-electron chi connectivity index (χ2n) is 2.41. The van der Waals surface area contributed by atoms with Gasteiger partial charge in [-0.05, 0) is 17.9 Å². The quantitative estimate of drug-likeness (QED) is 0.608. The van der Waals surface area contributed by atoms with Gasteiger partial charge in [0, 0.05) is 5.92 Å². The van der Waals surface area contributed by atoms with E-state index >= 15 is 0 Å². The highest BCUT2D eigenvalue weighted by Gasteiger charge is 2.28. The minimum atomic E-state index is -1.14. The van der Waals surface area contributed by atoms with E-state index in [-0.39, 0.29) is 5.92 Å². The lowest BCUT2D eigenvalue weighted by Crippen LogP contribution is -2.28. The molecular weight excluding hydrogens is 152 g/mol. The van der Waals surface area contributed by atoms with Crippen molar-refractivity contribution in [3.63, 3.8) is 0 Å². The van der Waals surface area contributed by atoms with Gasteiger partial charge in [0.2, 0.25) is 0 Å². The van der Waals surface area contributed by atoms with E-state index in [2.05, 4.69) is 0 Å². The maximum Gasteiger partial charge on any atom is 0.332 e. The first-order valence-corrected chi connectivity index (χ1v) is 4.36. The summed E-state index contributed by atoms with van der Waals surface area (Å²) in [6.07, 6.45) is -0.312. The Labute approximate surface area is 63.4 Å². The van der Waals surface area contributed by atoms with Crippen LogP contribution in [0, 0.1) is 5.92 Å². The van der Waals surface area contributed by atoms with E-state index in [0.29, 0.717) is 0 Å². The summed E-state index contributed by atoms with van der Waals surface area (Å²) in [6, 6.07) is 0. The number of hydrogen-bond acceptors (Lipinski definition) is 3. The van der Waals surface area contributed by atoms with Crippen LogP contribution in [0.15, 0.2) is 0 Å². The van der Waals surface area contributed by atoms with Gasteiger partial charge in [0.25, 0.3) is 0 Å². The summed E-state index contributed by atoms with van der Waals surface area (Å²) < 4.78 is 0. The molecule has 2 N–H and O–H groups in total. The number of aliphatic carboxylic acids is 1. The van der Waals surface area contributed by atoms with Crippen molar-refractivity contribution in [1.82, 2.24) is 0 Å². The summed E-state index contributed by atoms with van der Waals surface area (Å²) in [7, 11) is 0. The first-order chi connectivity index (χ1) is 4.72. The molecule has 1 saturated heterocycles. The number of carbonyl (C=O) groups is 1. The highest BCUT2D eigenvalue weighted by Crippen LogP contribution is 2.26. The maximum absolute atomic E-state index is 10.2. The lowest BCUT2D eigenvalue weighted by Gasteiger charge is -2.10. The molecular formula is C6H10O3S. The normalized spacial score (nSPS) is 28.3. The van der Waals surface area contributed by atoms with Gasteiger partial charge in [0.05, 0.1) is 0 Å². The molecule has 0 bridgehead atoms. The molecule has 58 valence electrons. The van der Waals surface area contributed by atoms with Crippen molar-refractivity contribution in [3.8, 4) is 0 Å². The molecule has 0 spiro atoms. The Kier molecular flexibility index (Phi) is 2.56. The second kappa shape index (κ2) is 3.25. The van der Waals surface area contributed by atoms with Crippen LogP contribution in [0.2, 0.25) is 0 Å². The van der Waals surface area contributed by atoms with Crippen LogP contribution in [-0.4, -0.2) is 33.8 Å². The van der Waals surface area contributed by atoms with Crippen LogP contribution in [0.3, 0.4) is 0 Å². The van der Waals surface area contributed by atoms with Gasteiger partial charge < -0.3 is 10.2 Å². The SMILES string of the molecule is O=C(O)C(O)C1CCSC1. The van der Waals surface area contributed by atoms with Crippen molar-refractivity contribution in [2.45, 2.75) is 12.5 Å². The molecule has 0 saturated carbocycles. The average molecular weight is 162 g/mol. The molecule has 4 heteroatoms. The first kappa shape index (κ1) is 7.88. The molecule has 0 aromatic heterocycles. The second-order valence-corrected chi connectivity index (χ2v) is 3.56. The fourth-order valence-corrected chi connectivity index (χ4v) is 2.29. The number of hydrogen-bond donors (Lipinski definition) is 2. The van der Waals surface area contributed by atoms with Crippen molar-refractivity contribution in [3.05, 3.63) is 0 Å². The van der Waals surface area contributed by atoms with E-state index in [1.54, 1.807) is 11.8 Å². The third-order valence-electron chi connectivity index (χ3n) is 1.66. The lowest BCUT2D eigenvalue weighted by atomic mass is 10.0. The van der Waals surface area contributed by atoms with Gasteiger partial charge in [-0.25, -0.2) is 4.79 Å². The van der Waals surface area contributed by atoms with Crippen LogP contribution < -0.4 is 0 Å². The molecule has 0 aromatic rings. The molecule has 2 unspecified atom stereocenters. The summed E-state index contributed by atoms with van der Waals surface area (Å²) in [5, 5.41) is 17.4. The summed E-state index contributed by atoms with van der Waals surface area (Å²) in [4.78, 5) is 10.2. The molecule has 10 heavy (non-hydrogen) atoms. The molecule has 2 atom stereocenters. The van der Waals surface area contributed by atoms with Gasteiger partial charge in [-0.15, -0.1) is 0 Å². The van der Waals surface area contributed by atoms with Gasteiger partial charge in [-0.3, -0.25) is 0 Å². The Morgan fingerprint density at radius 3 is 2.80 bits per heavy atom. The van der Waals surface area contributed by atoms with E-state index in [9.17, 15) is 4.79 Å². The molecule has 0 amide bonds. The molecule has 0 aromatic carbocycles. The van der Waals surface area contributed by atoms with Crippen molar-refractivity contribution in [2.75, 3.05) is 11.5 Å². The number of carboxylic acids is 1. The zero-order valence-corrected chi connectivity index (χ0v) is 6.30. The van der Waals surface area contributed by atoms with E-state index in [4.69, 9.17) is 10.2 Å². The van der Waals surface area contributed by atoms with Gasteiger partial charge in [-0.1, -0.05) is 0 Å². The number of rotatable bonds is 2. The standard InChI is InChI=1S/C6H10O3S/c7-5(6(8)9)4-1-2-10-3-4/h4-5,7H,1-3H2,(H,8,9). The molecule has 0 aliphatic carbocycles. The summed E-state index contributed by atoms with van der Waals surface area (Å²) in [6.45, 7) is 0. The maximum atomic E-state index is 10.2. The van der Waals surface area contributed by atoms with Gasteiger partial charge in [0.15, 0.2) is 6.10 Å². The molecule has 3 nitrogen and oxygen atoms in total. The predicted molar refractivity (Wildman–Crippen MR) is 39.1 cm³/mol. The molecule has 1 fully saturated rings. The lowest BCUT2D eigenvalue weighted by molar-refractivity contribution is -0.149. The van der Waals surface area contributed by atoms with Crippen molar-refractivity contribution < 1.29 is 15.0 Å². The summed E-state index contributed by atoms with van der Waals surface area (Å²) >= 11 is 1.70. The summed E-state index contributed by atoms with van der Waals surface area (Å²) in [5.74, 6) is 0.651. The van der Waals surface area contributed by atoms with Gasteiger partial charge >= 0.3 is 5.97 Å². The third-order valence-corrected chi connectivity index (χ3v) is 2.85. The van der Waals surface area contributed by atoms with E-state index in [1.807, 2.05) is 0 Å². The monoisotopic (exact) mass is 162 g/mol. The van der Waals surface area contributed by atoms with Crippen LogP contribution in [0.5, 0.6) is 0 Å². The Bertz CT molecular complexity index is 131. The van der Waals surface area contributed by atoms with E-state index in [1.165, 1.54) is 0 Å². The fraction of sp³-hybridized carbons (Fsp3) is 0.833. The number of aliphatic hydroxyl groups excluding tert-OH is 1. The van der Waals surface area contributed by atoms with E-state index < -0.39 is 12.1 Å². The summed E-state index contributed by atoms with van der Waals surface area (Å²) in [5.41, 5.74) is 0. The van der Waals surface area contributed by atoms with Crippen molar-refractivity contribution in [2.24, 2.45) is 5.92 Å². The average Bonchev–Trinajstić information content (AvgIpc) is 2.36. The predicted octanol–water partition coefficient (Wildman–Crippen LogP) is 0.185. The highest BCUT2D eigenvalue weighted by atomic mass is 32.2. The van der Waals surface area contributed by atoms with Crippen LogP contribution in [-0.2, 0) is 4.79 Å². The fourth-order valence-electron chi connectivity index (χ4n) is 1.00. The molecule has 0 radical (unpaired) electrons. The Morgan fingerprint density at radius 1 is 1.70 bits per heavy atom. The largest absolute Gasteiger partial charge is 0.479 e. The zero-order chi connectivity index (χ0) is 7.56. The topological polar surface area (TPSA) is 57.5 Å². The smallest absolute Gasteiger partial charge is 0.332 e. The third kappa shape index (κ3) is 1.64. The van der Waals surface area contributed by atoms with Crippen molar-refractivity contribution >= 4 is 17.7 Å².